The fourth-order valence-corrected chi connectivity index (χ4v) is 2.24. The van der Waals surface area contributed by atoms with Gasteiger partial charge in [0.2, 0.25) is 0 Å². The Kier molecular flexibility index (Phi) is 4.20. The average Bonchev–Trinajstić information content (AvgIpc) is 2.37. The SMILES string of the molecule is Cc1ccc(NC(C)c2cccc(F)c2F)cc1Br. The van der Waals surface area contributed by atoms with E-state index in [9.17, 15) is 8.78 Å². The molecule has 0 fully saturated rings. The van der Waals surface area contributed by atoms with Crippen molar-refractivity contribution in [3.05, 3.63) is 63.6 Å². The molecule has 1 N–H and O–H groups in total. The van der Waals surface area contributed by atoms with Crippen molar-refractivity contribution in [1.82, 2.24) is 0 Å². The van der Waals surface area contributed by atoms with Crippen molar-refractivity contribution in [3.8, 4) is 0 Å². The van der Waals surface area contributed by atoms with Gasteiger partial charge in [-0.1, -0.05) is 34.1 Å². The van der Waals surface area contributed by atoms with Crippen LogP contribution in [0.15, 0.2) is 40.9 Å². The maximum Gasteiger partial charge on any atom is 0.164 e. The quantitative estimate of drug-likeness (QED) is 0.816. The van der Waals surface area contributed by atoms with Gasteiger partial charge in [0.25, 0.3) is 0 Å². The number of benzene rings is 2. The average molecular weight is 326 g/mol. The van der Waals surface area contributed by atoms with Crippen molar-refractivity contribution in [2.24, 2.45) is 0 Å². The van der Waals surface area contributed by atoms with Gasteiger partial charge in [-0.2, -0.15) is 0 Å². The molecule has 0 aliphatic rings. The van der Waals surface area contributed by atoms with Crippen LogP contribution >= 0.6 is 15.9 Å². The van der Waals surface area contributed by atoms with E-state index < -0.39 is 11.6 Å². The highest BCUT2D eigenvalue weighted by Gasteiger charge is 2.14. The molecule has 0 aliphatic heterocycles. The second-order valence-corrected chi connectivity index (χ2v) is 5.33. The van der Waals surface area contributed by atoms with Gasteiger partial charge in [0.1, 0.15) is 0 Å². The lowest BCUT2D eigenvalue weighted by atomic mass is 10.1. The molecule has 0 amide bonds. The summed E-state index contributed by atoms with van der Waals surface area (Å²) in [5.41, 5.74) is 2.29. The zero-order valence-electron chi connectivity index (χ0n) is 10.7. The smallest absolute Gasteiger partial charge is 0.164 e. The molecule has 0 heterocycles. The number of hydrogen-bond acceptors (Lipinski definition) is 1. The fraction of sp³-hybridized carbons (Fsp3) is 0.200. The summed E-state index contributed by atoms with van der Waals surface area (Å²) in [6.45, 7) is 3.79. The van der Waals surface area contributed by atoms with E-state index in [2.05, 4.69) is 21.2 Å². The molecule has 4 heteroatoms. The van der Waals surface area contributed by atoms with Gasteiger partial charge in [0.15, 0.2) is 11.6 Å². The van der Waals surface area contributed by atoms with Crippen LogP contribution in [-0.2, 0) is 0 Å². The molecule has 0 aromatic heterocycles. The van der Waals surface area contributed by atoms with Gasteiger partial charge in [-0.25, -0.2) is 8.78 Å². The largest absolute Gasteiger partial charge is 0.378 e. The number of hydrogen-bond donors (Lipinski definition) is 1. The summed E-state index contributed by atoms with van der Waals surface area (Å²) in [5.74, 6) is -1.62. The van der Waals surface area contributed by atoms with Gasteiger partial charge < -0.3 is 5.32 Å². The molecule has 2 aromatic carbocycles. The highest BCUT2D eigenvalue weighted by atomic mass is 79.9. The van der Waals surface area contributed by atoms with Crippen molar-refractivity contribution in [2.75, 3.05) is 5.32 Å². The summed E-state index contributed by atoms with van der Waals surface area (Å²) in [7, 11) is 0. The number of halogens is 3. The van der Waals surface area contributed by atoms with Crippen molar-refractivity contribution in [2.45, 2.75) is 19.9 Å². The summed E-state index contributed by atoms with van der Waals surface area (Å²) < 4.78 is 27.8. The van der Waals surface area contributed by atoms with E-state index in [1.54, 1.807) is 13.0 Å². The fourth-order valence-electron chi connectivity index (χ4n) is 1.87. The molecule has 0 saturated carbocycles. The molecule has 0 bridgehead atoms. The van der Waals surface area contributed by atoms with Crippen molar-refractivity contribution in [3.63, 3.8) is 0 Å². The molecule has 0 spiro atoms. The number of rotatable bonds is 3. The standard InChI is InChI=1S/C15H14BrF2N/c1-9-6-7-11(8-13(9)16)19-10(2)12-4-3-5-14(17)15(12)18/h3-8,10,19H,1-2H3. The topological polar surface area (TPSA) is 12.0 Å². The van der Waals surface area contributed by atoms with Crippen LogP contribution in [0.1, 0.15) is 24.1 Å². The molecule has 1 atom stereocenters. The van der Waals surface area contributed by atoms with Crippen LogP contribution in [0.25, 0.3) is 0 Å². The molecule has 19 heavy (non-hydrogen) atoms. The molecule has 2 rings (SSSR count). The second-order valence-electron chi connectivity index (χ2n) is 4.47. The predicted octanol–water partition coefficient (Wildman–Crippen LogP) is 5.21. The Balaban J connectivity index is 2.23. The lowest BCUT2D eigenvalue weighted by molar-refractivity contribution is 0.494. The number of nitrogens with one attached hydrogen (secondary N) is 1. The summed E-state index contributed by atoms with van der Waals surface area (Å²) in [6, 6.07) is 9.69. The Morgan fingerprint density at radius 2 is 1.89 bits per heavy atom. The highest BCUT2D eigenvalue weighted by molar-refractivity contribution is 9.10. The minimum atomic E-state index is -0.823. The van der Waals surface area contributed by atoms with Gasteiger partial charge in [0.05, 0.1) is 6.04 Å². The second kappa shape index (κ2) is 5.70. The Labute approximate surface area is 119 Å². The Hall–Kier alpha value is -1.42. The summed E-state index contributed by atoms with van der Waals surface area (Å²) in [4.78, 5) is 0. The summed E-state index contributed by atoms with van der Waals surface area (Å²) in [6.07, 6.45) is 0. The van der Waals surface area contributed by atoms with Crippen LogP contribution in [0.2, 0.25) is 0 Å². The normalized spacial score (nSPS) is 12.3. The van der Waals surface area contributed by atoms with E-state index in [1.807, 2.05) is 25.1 Å². The van der Waals surface area contributed by atoms with Crippen LogP contribution in [0.3, 0.4) is 0 Å². The van der Waals surface area contributed by atoms with Crippen molar-refractivity contribution in [1.29, 1.82) is 0 Å². The third kappa shape index (κ3) is 3.13. The molecule has 1 unspecified atom stereocenters. The molecule has 0 aliphatic carbocycles. The lowest BCUT2D eigenvalue weighted by Crippen LogP contribution is -2.09. The number of aryl methyl sites for hydroxylation is 1. The van der Waals surface area contributed by atoms with Crippen molar-refractivity contribution >= 4 is 21.6 Å². The van der Waals surface area contributed by atoms with Crippen LogP contribution in [-0.4, -0.2) is 0 Å². The zero-order valence-corrected chi connectivity index (χ0v) is 12.3. The Morgan fingerprint density at radius 3 is 2.58 bits per heavy atom. The highest BCUT2D eigenvalue weighted by Crippen LogP contribution is 2.26. The maximum atomic E-state index is 13.7. The maximum absolute atomic E-state index is 13.7. The first kappa shape index (κ1) is 14.0. The first-order valence-electron chi connectivity index (χ1n) is 5.95. The molecule has 0 radical (unpaired) electrons. The van der Waals surface area contributed by atoms with E-state index in [0.29, 0.717) is 5.56 Å². The predicted molar refractivity (Wildman–Crippen MR) is 77.3 cm³/mol. The van der Waals surface area contributed by atoms with Gasteiger partial charge >= 0.3 is 0 Å². The molecule has 2 aromatic rings. The van der Waals surface area contributed by atoms with Crippen LogP contribution in [0, 0.1) is 18.6 Å². The first-order chi connectivity index (χ1) is 8.99. The Morgan fingerprint density at radius 1 is 1.16 bits per heavy atom. The number of anilines is 1. The summed E-state index contributed by atoms with van der Waals surface area (Å²) in [5, 5.41) is 3.16. The minimum absolute atomic E-state index is 0.315. The van der Waals surface area contributed by atoms with E-state index >= 15 is 0 Å². The third-order valence-electron chi connectivity index (χ3n) is 3.00. The molecular formula is C15H14BrF2N. The minimum Gasteiger partial charge on any atom is -0.378 e. The van der Waals surface area contributed by atoms with Gasteiger partial charge in [0, 0.05) is 15.7 Å². The van der Waals surface area contributed by atoms with E-state index in [0.717, 1.165) is 21.8 Å². The van der Waals surface area contributed by atoms with Gasteiger partial charge in [-0.3, -0.25) is 0 Å². The van der Waals surface area contributed by atoms with Crippen LogP contribution < -0.4 is 5.32 Å². The first-order valence-corrected chi connectivity index (χ1v) is 6.75. The van der Waals surface area contributed by atoms with Gasteiger partial charge in [-0.05, 0) is 37.6 Å². The van der Waals surface area contributed by atoms with Crippen molar-refractivity contribution < 1.29 is 8.78 Å². The zero-order chi connectivity index (χ0) is 14.0. The Bertz CT molecular complexity index is 599. The van der Waals surface area contributed by atoms with Gasteiger partial charge in [-0.15, -0.1) is 0 Å². The van der Waals surface area contributed by atoms with E-state index in [4.69, 9.17) is 0 Å². The van der Waals surface area contributed by atoms with E-state index in [-0.39, 0.29) is 6.04 Å². The monoisotopic (exact) mass is 325 g/mol. The molecular weight excluding hydrogens is 312 g/mol. The third-order valence-corrected chi connectivity index (χ3v) is 3.86. The molecule has 100 valence electrons. The lowest BCUT2D eigenvalue weighted by Gasteiger charge is -2.17. The van der Waals surface area contributed by atoms with Crippen LogP contribution in [0.5, 0.6) is 0 Å². The molecule has 0 saturated heterocycles. The molecule has 1 nitrogen and oxygen atoms in total. The van der Waals surface area contributed by atoms with Crippen LogP contribution in [0.4, 0.5) is 14.5 Å². The summed E-state index contributed by atoms with van der Waals surface area (Å²) >= 11 is 3.44. The van der Waals surface area contributed by atoms with E-state index in [1.165, 1.54) is 6.07 Å².